The zero-order valence-corrected chi connectivity index (χ0v) is 14.9. The van der Waals surface area contributed by atoms with Crippen LogP contribution in [0.2, 0.25) is 0 Å². The Morgan fingerprint density at radius 1 is 1.48 bits per heavy atom. The molecule has 0 aliphatic rings. The third kappa shape index (κ3) is 5.10. The molecule has 23 heavy (non-hydrogen) atoms. The molecule has 0 bridgehead atoms. The van der Waals surface area contributed by atoms with Crippen molar-refractivity contribution in [3.05, 3.63) is 10.2 Å². The van der Waals surface area contributed by atoms with E-state index in [1.165, 1.54) is 18.7 Å². The molecule has 1 heterocycles. The van der Waals surface area contributed by atoms with Gasteiger partial charge in [-0.15, -0.1) is 0 Å². The molecular formula is C13H19BrF3N3O3. The van der Waals surface area contributed by atoms with Crippen molar-refractivity contribution in [1.29, 1.82) is 0 Å². The highest BCUT2D eigenvalue weighted by molar-refractivity contribution is 9.10. The third-order valence-corrected chi connectivity index (χ3v) is 3.79. The lowest BCUT2D eigenvalue weighted by molar-refractivity contribution is -0.186. The van der Waals surface area contributed by atoms with Crippen molar-refractivity contribution < 1.29 is 27.4 Å². The predicted octanol–water partition coefficient (Wildman–Crippen LogP) is 2.51. The number of carbonyl (C=O) groups excluding carboxylic acids is 1. The standard InChI is InChI=1S/C13H19BrF3N3O3/c1-5-20(12(21)13(15,16)17)6-8(2)23-11-10(14)9(7-22-4)18-19(11)3/h8H,5-7H2,1-4H3. The quantitative estimate of drug-likeness (QED) is 0.704. The minimum atomic E-state index is -4.89. The molecule has 0 fully saturated rings. The van der Waals surface area contributed by atoms with Crippen molar-refractivity contribution in [3.63, 3.8) is 0 Å². The van der Waals surface area contributed by atoms with Gasteiger partial charge in [-0.2, -0.15) is 18.3 Å². The first kappa shape index (κ1) is 19.8. The molecule has 1 aromatic heterocycles. The maximum absolute atomic E-state index is 12.5. The van der Waals surface area contributed by atoms with Crippen LogP contribution in [0.3, 0.4) is 0 Å². The van der Waals surface area contributed by atoms with Crippen molar-refractivity contribution in [1.82, 2.24) is 14.7 Å². The number of amides is 1. The fourth-order valence-electron chi connectivity index (χ4n) is 1.97. The van der Waals surface area contributed by atoms with Gasteiger partial charge in [-0.25, -0.2) is 4.68 Å². The van der Waals surface area contributed by atoms with Crippen molar-refractivity contribution in [2.24, 2.45) is 7.05 Å². The van der Waals surface area contributed by atoms with Gasteiger partial charge in [0.25, 0.3) is 0 Å². The Hall–Kier alpha value is -1.29. The number of aromatic nitrogens is 2. The molecule has 0 spiro atoms. The van der Waals surface area contributed by atoms with Gasteiger partial charge in [0.05, 0.1) is 13.2 Å². The number of rotatable bonds is 7. The third-order valence-electron chi connectivity index (χ3n) is 2.99. The van der Waals surface area contributed by atoms with Gasteiger partial charge in [-0.05, 0) is 29.8 Å². The van der Waals surface area contributed by atoms with Crippen molar-refractivity contribution in [2.45, 2.75) is 32.7 Å². The first-order valence-corrected chi connectivity index (χ1v) is 7.64. The van der Waals surface area contributed by atoms with E-state index < -0.39 is 18.2 Å². The Labute approximate surface area is 140 Å². The van der Waals surface area contributed by atoms with Crippen molar-refractivity contribution >= 4 is 21.8 Å². The first-order chi connectivity index (χ1) is 10.6. The fourth-order valence-corrected chi connectivity index (χ4v) is 2.51. The van der Waals surface area contributed by atoms with Gasteiger partial charge in [0.2, 0.25) is 5.88 Å². The van der Waals surface area contributed by atoms with Crippen LogP contribution in [0.25, 0.3) is 0 Å². The lowest BCUT2D eigenvalue weighted by Gasteiger charge is -2.25. The molecule has 10 heteroatoms. The monoisotopic (exact) mass is 401 g/mol. The average Bonchev–Trinajstić information content (AvgIpc) is 2.71. The topological polar surface area (TPSA) is 56.6 Å². The van der Waals surface area contributed by atoms with Gasteiger partial charge < -0.3 is 14.4 Å². The molecule has 132 valence electrons. The highest BCUT2D eigenvalue weighted by atomic mass is 79.9. The Kier molecular flexibility index (Phi) is 6.87. The van der Waals surface area contributed by atoms with E-state index in [0.29, 0.717) is 20.9 Å². The summed E-state index contributed by atoms with van der Waals surface area (Å²) in [5.74, 6) is -1.51. The first-order valence-electron chi connectivity index (χ1n) is 6.84. The van der Waals surface area contributed by atoms with E-state index in [1.54, 1.807) is 14.0 Å². The molecule has 0 saturated heterocycles. The SMILES string of the molecule is CCN(CC(C)Oc1c(Br)c(COC)nn1C)C(=O)C(F)(F)F. The summed E-state index contributed by atoms with van der Waals surface area (Å²) in [7, 11) is 3.16. The van der Waals surface area contributed by atoms with Crippen LogP contribution in [0.1, 0.15) is 19.5 Å². The Bertz CT molecular complexity index is 549. The van der Waals surface area contributed by atoms with Crippen LogP contribution in [-0.2, 0) is 23.2 Å². The summed E-state index contributed by atoms with van der Waals surface area (Å²) >= 11 is 3.33. The molecule has 0 aliphatic carbocycles. The van der Waals surface area contributed by atoms with Crippen LogP contribution in [-0.4, -0.2) is 53.1 Å². The van der Waals surface area contributed by atoms with Crippen LogP contribution >= 0.6 is 15.9 Å². The minimum absolute atomic E-state index is 0.0620. The molecule has 6 nitrogen and oxygen atoms in total. The maximum atomic E-state index is 12.5. The summed E-state index contributed by atoms with van der Waals surface area (Å²) in [6.07, 6.45) is -5.54. The summed E-state index contributed by atoms with van der Waals surface area (Å²) in [6, 6.07) is 0. The van der Waals surface area contributed by atoms with E-state index in [0.717, 1.165) is 0 Å². The second-order valence-electron chi connectivity index (χ2n) is 4.89. The molecular weight excluding hydrogens is 383 g/mol. The smallest absolute Gasteiger partial charge is 0.471 e. The number of nitrogens with zero attached hydrogens (tertiary/aromatic N) is 3. The van der Waals surface area contributed by atoms with E-state index in [2.05, 4.69) is 21.0 Å². The predicted molar refractivity (Wildman–Crippen MR) is 80.0 cm³/mol. The van der Waals surface area contributed by atoms with Gasteiger partial charge in [-0.3, -0.25) is 4.79 Å². The number of hydrogen-bond acceptors (Lipinski definition) is 4. The second-order valence-corrected chi connectivity index (χ2v) is 5.69. The van der Waals surface area contributed by atoms with E-state index in [4.69, 9.17) is 9.47 Å². The number of ether oxygens (including phenoxy) is 2. The van der Waals surface area contributed by atoms with E-state index >= 15 is 0 Å². The van der Waals surface area contributed by atoms with Crippen LogP contribution in [0.4, 0.5) is 13.2 Å². The number of hydrogen-bond donors (Lipinski definition) is 0. The van der Waals surface area contributed by atoms with Crippen LogP contribution in [0.5, 0.6) is 5.88 Å². The molecule has 0 N–H and O–H groups in total. The number of aryl methyl sites for hydroxylation is 1. The number of methoxy groups -OCH3 is 1. The minimum Gasteiger partial charge on any atom is -0.472 e. The molecule has 1 amide bonds. The van der Waals surface area contributed by atoms with Gasteiger partial charge >= 0.3 is 12.1 Å². The highest BCUT2D eigenvalue weighted by Gasteiger charge is 2.42. The summed E-state index contributed by atoms with van der Waals surface area (Å²) in [4.78, 5) is 12.0. The van der Waals surface area contributed by atoms with Crippen LogP contribution in [0.15, 0.2) is 4.47 Å². The average molecular weight is 402 g/mol. The van der Waals surface area contributed by atoms with Gasteiger partial charge in [0, 0.05) is 20.7 Å². The lowest BCUT2D eigenvalue weighted by Crippen LogP contribution is -2.45. The maximum Gasteiger partial charge on any atom is 0.471 e. The molecule has 0 saturated carbocycles. The number of alkyl halides is 3. The van der Waals surface area contributed by atoms with Gasteiger partial charge in [0.15, 0.2) is 0 Å². The Morgan fingerprint density at radius 3 is 2.57 bits per heavy atom. The summed E-state index contributed by atoms with van der Waals surface area (Å²) in [6.45, 7) is 3.08. The largest absolute Gasteiger partial charge is 0.472 e. The summed E-state index contributed by atoms with van der Waals surface area (Å²) in [5, 5.41) is 4.19. The van der Waals surface area contributed by atoms with Gasteiger partial charge in [-0.1, -0.05) is 0 Å². The highest BCUT2D eigenvalue weighted by Crippen LogP contribution is 2.29. The zero-order chi connectivity index (χ0) is 17.8. The summed E-state index contributed by atoms with van der Waals surface area (Å²) < 4.78 is 50.2. The molecule has 1 unspecified atom stereocenters. The summed E-state index contributed by atoms with van der Waals surface area (Å²) in [5.41, 5.74) is 0.607. The van der Waals surface area contributed by atoms with Crippen molar-refractivity contribution in [3.8, 4) is 5.88 Å². The number of likely N-dealkylation sites (N-methyl/N-ethyl adjacent to an activating group) is 1. The molecule has 1 aromatic rings. The van der Waals surface area contributed by atoms with E-state index in [-0.39, 0.29) is 19.7 Å². The van der Waals surface area contributed by atoms with E-state index in [1.807, 2.05) is 0 Å². The second kappa shape index (κ2) is 8.00. The fraction of sp³-hybridized carbons (Fsp3) is 0.692. The molecule has 0 aromatic carbocycles. The zero-order valence-electron chi connectivity index (χ0n) is 13.3. The Morgan fingerprint density at radius 2 is 2.09 bits per heavy atom. The molecule has 1 rings (SSSR count). The number of halogens is 4. The molecule has 1 atom stereocenters. The van der Waals surface area contributed by atoms with Gasteiger partial charge in [0.1, 0.15) is 16.3 Å². The molecule has 0 radical (unpaired) electrons. The molecule has 0 aliphatic heterocycles. The van der Waals surface area contributed by atoms with Crippen LogP contribution < -0.4 is 4.74 Å². The number of carbonyl (C=O) groups is 1. The van der Waals surface area contributed by atoms with E-state index in [9.17, 15) is 18.0 Å². The van der Waals surface area contributed by atoms with Crippen LogP contribution in [0, 0.1) is 0 Å². The lowest BCUT2D eigenvalue weighted by atomic mass is 10.3. The normalized spacial score (nSPS) is 13.0. The Balaban J connectivity index is 2.80. The van der Waals surface area contributed by atoms with Crippen molar-refractivity contribution in [2.75, 3.05) is 20.2 Å².